The highest BCUT2D eigenvalue weighted by atomic mass is 35.5. The van der Waals surface area contributed by atoms with Crippen LogP contribution < -0.4 is 15.9 Å². The molecule has 0 radical (unpaired) electrons. The minimum Gasteiger partial charge on any atom is -0.507 e. The summed E-state index contributed by atoms with van der Waals surface area (Å²) in [4.78, 5) is 29.2. The van der Waals surface area contributed by atoms with Gasteiger partial charge < -0.3 is 34.9 Å². The SMILES string of the molecule is CN1CC[C@H](c2c(O)cc(OC(=O)N(C)CCN)c3c(=O)cc(-c4ccccc4Cl)oc23)[C@H](O)C1. The van der Waals surface area contributed by atoms with Crippen LogP contribution in [0.25, 0.3) is 22.3 Å². The molecule has 9 nitrogen and oxygen atoms in total. The number of amides is 1. The number of β-amino-alcohol motifs (C(OH)–C–C–N with tert-alkyl or cyclic N) is 1. The highest BCUT2D eigenvalue weighted by Crippen LogP contribution is 2.43. The third-order valence-electron chi connectivity index (χ3n) is 6.25. The van der Waals surface area contributed by atoms with Crippen LogP contribution in [-0.4, -0.2) is 72.5 Å². The molecule has 0 bridgehead atoms. The number of fused-ring (bicyclic) bond motifs is 1. The monoisotopic (exact) mass is 501 g/mol. The van der Waals surface area contributed by atoms with Crippen LogP contribution in [0.2, 0.25) is 5.02 Å². The normalized spacial score (nSPS) is 18.5. The van der Waals surface area contributed by atoms with Crippen LogP contribution in [0.15, 0.2) is 45.6 Å². The first-order valence-corrected chi connectivity index (χ1v) is 11.7. The maximum atomic E-state index is 13.4. The van der Waals surface area contributed by atoms with E-state index in [1.165, 1.54) is 24.1 Å². The average molecular weight is 502 g/mol. The van der Waals surface area contributed by atoms with Gasteiger partial charge in [-0.1, -0.05) is 23.7 Å². The van der Waals surface area contributed by atoms with E-state index in [9.17, 15) is 19.8 Å². The molecule has 1 aromatic heterocycles. The van der Waals surface area contributed by atoms with E-state index in [4.69, 9.17) is 26.5 Å². The summed E-state index contributed by atoms with van der Waals surface area (Å²) in [5.74, 6) is -0.685. The van der Waals surface area contributed by atoms with Crippen molar-refractivity contribution in [3.05, 3.63) is 57.2 Å². The van der Waals surface area contributed by atoms with Crippen LogP contribution in [0.1, 0.15) is 17.9 Å². The number of carbonyl (C=O) groups excluding carboxylic acids is 1. The maximum absolute atomic E-state index is 13.4. The lowest BCUT2D eigenvalue weighted by atomic mass is 9.85. The highest BCUT2D eigenvalue weighted by molar-refractivity contribution is 6.33. The molecule has 1 fully saturated rings. The van der Waals surface area contributed by atoms with Gasteiger partial charge in [-0.3, -0.25) is 4.79 Å². The van der Waals surface area contributed by atoms with Crippen LogP contribution in [0.4, 0.5) is 4.79 Å². The number of halogens is 1. The molecule has 0 aliphatic carbocycles. The van der Waals surface area contributed by atoms with Crippen molar-refractivity contribution in [2.45, 2.75) is 18.4 Å². The highest BCUT2D eigenvalue weighted by Gasteiger charge is 2.33. The van der Waals surface area contributed by atoms with Crippen molar-refractivity contribution in [2.75, 3.05) is 40.3 Å². The Morgan fingerprint density at radius 2 is 2.09 bits per heavy atom. The van der Waals surface area contributed by atoms with Crippen molar-refractivity contribution in [3.63, 3.8) is 0 Å². The number of aromatic hydroxyl groups is 1. The van der Waals surface area contributed by atoms with E-state index in [1.54, 1.807) is 24.3 Å². The molecule has 0 unspecified atom stereocenters. The van der Waals surface area contributed by atoms with Gasteiger partial charge in [-0.25, -0.2) is 4.79 Å². The van der Waals surface area contributed by atoms with Gasteiger partial charge in [-0.15, -0.1) is 0 Å². The van der Waals surface area contributed by atoms with E-state index in [1.807, 2.05) is 11.9 Å². The summed E-state index contributed by atoms with van der Waals surface area (Å²) in [6.45, 7) is 1.54. The summed E-state index contributed by atoms with van der Waals surface area (Å²) in [7, 11) is 3.41. The largest absolute Gasteiger partial charge is 0.507 e. The van der Waals surface area contributed by atoms with E-state index >= 15 is 0 Å². The third kappa shape index (κ3) is 4.99. The Morgan fingerprint density at radius 3 is 2.77 bits per heavy atom. The molecule has 10 heteroatoms. The number of aliphatic hydroxyl groups is 1. The van der Waals surface area contributed by atoms with E-state index in [0.717, 1.165) is 0 Å². The second kappa shape index (κ2) is 10.2. The number of hydrogen-bond donors (Lipinski definition) is 3. The van der Waals surface area contributed by atoms with Crippen molar-refractivity contribution in [2.24, 2.45) is 5.73 Å². The summed E-state index contributed by atoms with van der Waals surface area (Å²) in [6, 6.07) is 9.40. The van der Waals surface area contributed by atoms with Gasteiger partial charge in [0, 0.05) is 55.9 Å². The average Bonchev–Trinajstić information content (AvgIpc) is 2.80. The lowest BCUT2D eigenvalue weighted by Crippen LogP contribution is -2.40. The third-order valence-corrected chi connectivity index (χ3v) is 6.58. The van der Waals surface area contributed by atoms with Crippen LogP contribution in [0.3, 0.4) is 0 Å². The number of likely N-dealkylation sites (tertiary alicyclic amines) is 1. The number of phenolic OH excluding ortho intramolecular Hbond substituents is 1. The Balaban J connectivity index is 1.94. The van der Waals surface area contributed by atoms with Gasteiger partial charge in [-0.05, 0) is 32.1 Å². The number of ether oxygens (including phenoxy) is 1. The smallest absolute Gasteiger partial charge is 0.415 e. The fourth-order valence-corrected chi connectivity index (χ4v) is 4.65. The van der Waals surface area contributed by atoms with Crippen LogP contribution in [-0.2, 0) is 0 Å². The van der Waals surface area contributed by atoms with Gasteiger partial charge in [0.1, 0.15) is 22.5 Å². The number of benzene rings is 2. The fraction of sp³-hybridized carbons (Fsp3) is 0.360. The lowest BCUT2D eigenvalue weighted by Gasteiger charge is -2.34. The maximum Gasteiger partial charge on any atom is 0.415 e. The van der Waals surface area contributed by atoms with E-state index in [0.29, 0.717) is 35.7 Å². The van der Waals surface area contributed by atoms with Crippen molar-refractivity contribution in [1.82, 2.24) is 9.80 Å². The predicted molar refractivity (Wildman–Crippen MR) is 133 cm³/mol. The second-order valence-corrected chi connectivity index (χ2v) is 9.18. The summed E-state index contributed by atoms with van der Waals surface area (Å²) >= 11 is 6.34. The molecule has 35 heavy (non-hydrogen) atoms. The molecule has 2 aromatic carbocycles. The molecule has 0 spiro atoms. The fourth-order valence-electron chi connectivity index (χ4n) is 4.42. The predicted octanol–water partition coefficient (Wildman–Crippen LogP) is 2.99. The molecule has 1 saturated heterocycles. The first-order chi connectivity index (χ1) is 16.7. The number of phenols is 1. The topological polar surface area (TPSA) is 129 Å². The number of nitrogens with zero attached hydrogens (tertiary/aromatic N) is 2. The number of rotatable bonds is 5. The number of hydrogen-bond acceptors (Lipinski definition) is 8. The van der Waals surface area contributed by atoms with E-state index < -0.39 is 23.5 Å². The Labute approximate surface area is 207 Å². The van der Waals surface area contributed by atoms with E-state index in [-0.39, 0.29) is 41.3 Å². The molecular weight excluding hydrogens is 474 g/mol. The number of piperidine rings is 1. The quantitative estimate of drug-likeness (QED) is 0.486. The minimum absolute atomic E-state index is 0.00534. The van der Waals surface area contributed by atoms with Crippen LogP contribution >= 0.6 is 11.6 Å². The summed E-state index contributed by atoms with van der Waals surface area (Å²) < 4.78 is 11.7. The van der Waals surface area contributed by atoms with Crippen molar-refractivity contribution in [3.8, 4) is 22.8 Å². The summed E-state index contributed by atoms with van der Waals surface area (Å²) in [5, 5.41) is 22.3. The second-order valence-electron chi connectivity index (χ2n) is 8.77. The molecule has 4 rings (SSSR count). The molecule has 0 saturated carbocycles. The first-order valence-electron chi connectivity index (χ1n) is 11.3. The zero-order chi connectivity index (χ0) is 25.3. The van der Waals surface area contributed by atoms with Crippen molar-refractivity contribution in [1.29, 1.82) is 0 Å². The van der Waals surface area contributed by atoms with E-state index in [2.05, 4.69) is 0 Å². The molecule has 1 amide bonds. The van der Waals surface area contributed by atoms with Gasteiger partial charge >= 0.3 is 6.09 Å². The first kappa shape index (κ1) is 25.0. The van der Waals surface area contributed by atoms with Gasteiger partial charge in [0.15, 0.2) is 11.2 Å². The van der Waals surface area contributed by atoms with Crippen molar-refractivity contribution >= 4 is 28.7 Å². The molecular formula is C25H28ClN3O6. The van der Waals surface area contributed by atoms with Gasteiger partial charge in [0.25, 0.3) is 0 Å². The molecule has 186 valence electrons. The zero-order valence-electron chi connectivity index (χ0n) is 19.5. The Hall–Kier alpha value is -3.11. The van der Waals surface area contributed by atoms with Gasteiger partial charge in [-0.2, -0.15) is 0 Å². The Kier molecular flexibility index (Phi) is 7.32. The minimum atomic E-state index is -0.804. The van der Waals surface area contributed by atoms with Crippen LogP contribution in [0, 0.1) is 0 Å². The molecule has 2 heterocycles. The number of nitrogens with two attached hydrogens (primary N) is 1. The number of aliphatic hydroxyl groups excluding tert-OH is 1. The molecule has 1 aliphatic rings. The molecule has 3 aromatic rings. The van der Waals surface area contributed by atoms with Gasteiger partial charge in [0.2, 0.25) is 0 Å². The summed E-state index contributed by atoms with van der Waals surface area (Å²) in [6.07, 6.45) is -1.02. The Morgan fingerprint density at radius 1 is 1.34 bits per heavy atom. The van der Waals surface area contributed by atoms with Crippen LogP contribution in [0.5, 0.6) is 11.5 Å². The molecule has 1 aliphatic heterocycles. The lowest BCUT2D eigenvalue weighted by molar-refractivity contribution is 0.0630. The molecule has 4 N–H and O–H groups in total. The van der Waals surface area contributed by atoms with Crippen molar-refractivity contribution < 1.29 is 24.2 Å². The Bertz CT molecular complexity index is 1310. The number of likely N-dealkylation sites (N-methyl/N-ethyl adjacent to an activating group) is 2. The molecule has 2 atom stereocenters. The standard InChI is InChI=1S/C25H28ClN3O6/c1-28-9-7-15(19(32)13-28)22-17(30)12-21(35-25(33)29(2)10-8-27)23-18(31)11-20(34-24(22)23)14-5-3-4-6-16(14)26/h3-6,11-12,15,19,30,32H,7-10,13,27H2,1-2H3/t15-,19+/m0/s1. The number of carbonyl (C=O) groups is 1. The van der Waals surface area contributed by atoms with Gasteiger partial charge in [0.05, 0.1) is 11.1 Å². The zero-order valence-corrected chi connectivity index (χ0v) is 20.3. The summed E-state index contributed by atoms with van der Waals surface area (Å²) in [5.41, 5.74) is 5.87.